The molecule has 0 fully saturated rings. The van der Waals surface area contributed by atoms with Crippen molar-refractivity contribution in [3.63, 3.8) is 0 Å². The van der Waals surface area contributed by atoms with E-state index < -0.39 is 0 Å². The maximum absolute atomic E-state index is 10.5. The Hall–Kier alpha value is -1.84. The van der Waals surface area contributed by atoms with Crippen LogP contribution in [0.5, 0.6) is 0 Å². The second-order valence-corrected chi connectivity index (χ2v) is 2.53. The van der Waals surface area contributed by atoms with Crippen molar-refractivity contribution in [2.75, 3.05) is 5.73 Å². The Morgan fingerprint density at radius 3 is 3.17 bits per heavy atom. The second kappa shape index (κ2) is 2.34. The summed E-state index contributed by atoms with van der Waals surface area (Å²) in [5.74, 6) is 0. The monoisotopic (exact) mass is 161 g/mol. The molecule has 0 spiro atoms. The maximum Gasteiger partial charge on any atom is 0.153 e. The van der Waals surface area contributed by atoms with E-state index in [0.29, 0.717) is 16.8 Å². The van der Waals surface area contributed by atoms with E-state index in [-0.39, 0.29) is 0 Å². The van der Waals surface area contributed by atoms with Crippen molar-refractivity contribution in [2.24, 2.45) is 0 Å². The number of aldehydes is 1. The summed E-state index contributed by atoms with van der Waals surface area (Å²) in [4.78, 5) is 17.4. The fourth-order valence-corrected chi connectivity index (χ4v) is 1.13. The first kappa shape index (κ1) is 6.84. The average Bonchev–Trinajstić information content (AvgIpc) is 2.46. The highest BCUT2D eigenvalue weighted by Crippen LogP contribution is 2.15. The molecule has 4 nitrogen and oxygen atoms in total. The Kier molecular flexibility index (Phi) is 1.33. The van der Waals surface area contributed by atoms with Crippen molar-refractivity contribution in [1.82, 2.24) is 9.97 Å². The van der Waals surface area contributed by atoms with Crippen LogP contribution in [0.15, 0.2) is 18.5 Å². The molecule has 0 aliphatic rings. The topological polar surface area (TPSA) is 71.8 Å². The predicted molar refractivity (Wildman–Crippen MR) is 45.9 cm³/mol. The van der Waals surface area contributed by atoms with Crippen LogP contribution in [0.2, 0.25) is 0 Å². The number of hydrogen-bond acceptors (Lipinski definition) is 3. The minimum Gasteiger partial charge on any atom is -0.397 e. The Morgan fingerprint density at radius 2 is 2.42 bits per heavy atom. The van der Waals surface area contributed by atoms with Crippen molar-refractivity contribution in [3.05, 3.63) is 24.0 Å². The third-order valence-corrected chi connectivity index (χ3v) is 1.69. The minimum absolute atomic E-state index is 0.560. The summed E-state index contributed by atoms with van der Waals surface area (Å²) in [5, 5.41) is 0. The summed E-state index contributed by atoms with van der Waals surface area (Å²) >= 11 is 0. The smallest absolute Gasteiger partial charge is 0.153 e. The molecule has 2 aromatic rings. The van der Waals surface area contributed by atoms with Crippen LogP contribution in [0.3, 0.4) is 0 Å². The van der Waals surface area contributed by atoms with Crippen LogP contribution in [-0.2, 0) is 0 Å². The number of nitrogens with one attached hydrogen (secondary N) is 1. The zero-order chi connectivity index (χ0) is 8.55. The summed E-state index contributed by atoms with van der Waals surface area (Å²) < 4.78 is 0. The van der Waals surface area contributed by atoms with E-state index in [1.165, 1.54) is 6.20 Å². The number of hydrogen-bond donors (Lipinski definition) is 2. The lowest BCUT2D eigenvalue weighted by atomic mass is 10.3. The number of H-pyrrole nitrogens is 1. The van der Waals surface area contributed by atoms with E-state index in [9.17, 15) is 4.79 Å². The minimum atomic E-state index is 0.560. The standard InChI is InChI=1S/C8H7N3O/c9-6-1-7-8(11-3-6)5(4-12)2-10-7/h1-4,10H,9H2. The Bertz CT molecular complexity index is 433. The molecule has 0 saturated carbocycles. The van der Waals surface area contributed by atoms with Crippen molar-refractivity contribution >= 4 is 23.0 Å². The molecule has 2 aromatic heterocycles. The van der Waals surface area contributed by atoms with Gasteiger partial charge in [0.15, 0.2) is 6.29 Å². The highest BCUT2D eigenvalue weighted by atomic mass is 16.1. The number of nitrogens with zero attached hydrogens (tertiary/aromatic N) is 1. The summed E-state index contributed by atoms with van der Waals surface area (Å²) in [6.45, 7) is 0. The number of anilines is 1. The lowest BCUT2D eigenvalue weighted by molar-refractivity contribution is 0.112. The van der Waals surface area contributed by atoms with Gasteiger partial charge in [0.25, 0.3) is 0 Å². The van der Waals surface area contributed by atoms with E-state index in [0.717, 1.165) is 11.8 Å². The van der Waals surface area contributed by atoms with Gasteiger partial charge in [-0.05, 0) is 6.07 Å². The van der Waals surface area contributed by atoms with E-state index in [1.54, 1.807) is 12.3 Å². The fourth-order valence-electron chi connectivity index (χ4n) is 1.13. The van der Waals surface area contributed by atoms with E-state index in [4.69, 9.17) is 5.73 Å². The normalized spacial score (nSPS) is 10.3. The van der Waals surface area contributed by atoms with Gasteiger partial charge in [-0.3, -0.25) is 9.78 Å². The predicted octanol–water partition coefficient (Wildman–Crippen LogP) is 0.958. The zero-order valence-corrected chi connectivity index (χ0v) is 6.24. The summed E-state index contributed by atoms with van der Waals surface area (Å²) in [6.07, 6.45) is 3.91. The number of carbonyl (C=O) groups is 1. The number of rotatable bonds is 1. The average molecular weight is 161 g/mol. The van der Waals surface area contributed by atoms with Crippen molar-refractivity contribution in [2.45, 2.75) is 0 Å². The van der Waals surface area contributed by atoms with Crippen LogP contribution in [0.4, 0.5) is 5.69 Å². The summed E-state index contributed by atoms with van der Waals surface area (Å²) in [6, 6.07) is 1.75. The van der Waals surface area contributed by atoms with Gasteiger partial charge in [0, 0.05) is 6.20 Å². The van der Waals surface area contributed by atoms with Gasteiger partial charge >= 0.3 is 0 Å². The van der Waals surface area contributed by atoms with E-state index >= 15 is 0 Å². The lowest BCUT2D eigenvalue weighted by Gasteiger charge is -1.91. The third-order valence-electron chi connectivity index (χ3n) is 1.69. The molecule has 0 aliphatic carbocycles. The SMILES string of the molecule is Nc1cnc2c(C=O)c[nH]c2c1. The van der Waals surface area contributed by atoms with Crippen LogP contribution < -0.4 is 5.73 Å². The quantitative estimate of drug-likeness (QED) is 0.612. The third kappa shape index (κ3) is 0.852. The maximum atomic E-state index is 10.5. The molecule has 0 unspecified atom stereocenters. The first-order valence-corrected chi connectivity index (χ1v) is 3.49. The lowest BCUT2D eigenvalue weighted by Crippen LogP contribution is -1.86. The van der Waals surface area contributed by atoms with Crippen LogP contribution >= 0.6 is 0 Å². The molecule has 0 aromatic carbocycles. The number of aromatic amines is 1. The van der Waals surface area contributed by atoms with Crippen LogP contribution in [0.25, 0.3) is 11.0 Å². The van der Waals surface area contributed by atoms with E-state index in [2.05, 4.69) is 9.97 Å². The highest BCUT2D eigenvalue weighted by Gasteiger charge is 2.02. The zero-order valence-electron chi connectivity index (χ0n) is 6.24. The molecule has 0 bridgehead atoms. The number of pyridine rings is 1. The van der Waals surface area contributed by atoms with Gasteiger partial charge in [-0.25, -0.2) is 0 Å². The van der Waals surface area contributed by atoms with Crippen LogP contribution in [0.1, 0.15) is 10.4 Å². The molecular formula is C8H7N3O. The largest absolute Gasteiger partial charge is 0.397 e. The molecule has 0 saturated heterocycles. The van der Waals surface area contributed by atoms with Gasteiger partial charge in [0.05, 0.1) is 28.5 Å². The van der Waals surface area contributed by atoms with Gasteiger partial charge in [-0.2, -0.15) is 0 Å². The number of fused-ring (bicyclic) bond motifs is 1. The molecule has 2 heterocycles. The molecule has 2 rings (SSSR count). The van der Waals surface area contributed by atoms with Crippen molar-refractivity contribution in [3.8, 4) is 0 Å². The molecule has 12 heavy (non-hydrogen) atoms. The van der Waals surface area contributed by atoms with E-state index in [1.807, 2.05) is 0 Å². The number of aromatic nitrogens is 2. The number of carbonyl (C=O) groups excluding carboxylic acids is 1. The Balaban J connectivity index is 2.81. The van der Waals surface area contributed by atoms with Gasteiger partial charge in [0.2, 0.25) is 0 Å². The molecule has 0 atom stereocenters. The van der Waals surface area contributed by atoms with Gasteiger partial charge in [-0.1, -0.05) is 0 Å². The molecule has 0 radical (unpaired) electrons. The first-order chi connectivity index (χ1) is 5.81. The van der Waals surface area contributed by atoms with Crippen LogP contribution in [-0.4, -0.2) is 16.3 Å². The number of nitrogen functional groups attached to an aromatic ring is 1. The van der Waals surface area contributed by atoms with Crippen molar-refractivity contribution < 1.29 is 4.79 Å². The molecule has 4 heteroatoms. The highest BCUT2D eigenvalue weighted by molar-refractivity contribution is 5.95. The van der Waals surface area contributed by atoms with Crippen molar-refractivity contribution in [1.29, 1.82) is 0 Å². The second-order valence-electron chi connectivity index (χ2n) is 2.53. The molecule has 0 aliphatic heterocycles. The van der Waals surface area contributed by atoms with Crippen LogP contribution in [0, 0.1) is 0 Å². The molecule has 0 amide bonds. The molecular weight excluding hydrogens is 154 g/mol. The van der Waals surface area contributed by atoms with Gasteiger partial charge in [-0.15, -0.1) is 0 Å². The molecule has 60 valence electrons. The summed E-state index contributed by atoms with van der Waals surface area (Å²) in [5.41, 5.74) is 8.10. The Labute approximate surface area is 68.4 Å². The Morgan fingerprint density at radius 1 is 1.58 bits per heavy atom. The van der Waals surface area contributed by atoms with Gasteiger partial charge < -0.3 is 10.7 Å². The summed E-state index contributed by atoms with van der Waals surface area (Å²) in [7, 11) is 0. The first-order valence-electron chi connectivity index (χ1n) is 3.49. The fraction of sp³-hybridized carbons (Fsp3) is 0. The van der Waals surface area contributed by atoms with Gasteiger partial charge in [0.1, 0.15) is 0 Å². The molecule has 3 N–H and O–H groups in total. The number of nitrogens with two attached hydrogens (primary N) is 1.